The Kier molecular flexibility index (Phi) is 4.57. The lowest BCUT2D eigenvalue weighted by atomic mass is 10.2. The summed E-state index contributed by atoms with van der Waals surface area (Å²) in [6, 6.07) is 12.3. The van der Waals surface area contributed by atoms with Gasteiger partial charge in [-0.25, -0.2) is 4.39 Å². The Labute approximate surface area is 157 Å². The Hall–Kier alpha value is -2.51. The Morgan fingerprint density at radius 1 is 1.27 bits per heavy atom. The van der Waals surface area contributed by atoms with Gasteiger partial charge < -0.3 is 5.32 Å². The molecule has 1 amide bonds. The summed E-state index contributed by atoms with van der Waals surface area (Å²) in [4.78, 5) is 15.2. The molecule has 4 rings (SSSR count). The summed E-state index contributed by atoms with van der Waals surface area (Å²) in [5.74, 6) is -0.330. The van der Waals surface area contributed by atoms with Gasteiger partial charge in [-0.05, 0) is 42.1 Å². The van der Waals surface area contributed by atoms with Crippen LogP contribution in [-0.4, -0.2) is 15.7 Å². The SMILES string of the molecule is Cc1nn(Cc2ccc(F)cc2)c2sc(C(=O)NCc3cccs3)cc12. The van der Waals surface area contributed by atoms with Gasteiger partial charge in [0.15, 0.2) is 0 Å². The van der Waals surface area contributed by atoms with Crippen molar-refractivity contribution < 1.29 is 9.18 Å². The molecule has 1 aromatic carbocycles. The van der Waals surface area contributed by atoms with E-state index in [2.05, 4.69) is 10.4 Å². The zero-order valence-corrected chi connectivity index (χ0v) is 15.7. The molecule has 7 heteroatoms. The van der Waals surface area contributed by atoms with Crippen molar-refractivity contribution in [1.82, 2.24) is 15.1 Å². The summed E-state index contributed by atoms with van der Waals surface area (Å²) in [5.41, 5.74) is 1.85. The summed E-state index contributed by atoms with van der Waals surface area (Å²) in [7, 11) is 0. The van der Waals surface area contributed by atoms with Crippen molar-refractivity contribution in [3.63, 3.8) is 0 Å². The van der Waals surface area contributed by atoms with Gasteiger partial charge in [-0.1, -0.05) is 18.2 Å². The topological polar surface area (TPSA) is 46.9 Å². The second-order valence-electron chi connectivity index (χ2n) is 5.96. The quantitative estimate of drug-likeness (QED) is 0.546. The fraction of sp³-hybridized carbons (Fsp3) is 0.158. The molecular formula is C19H16FN3OS2. The van der Waals surface area contributed by atoms with E-state index in [1.165, 1.54) is 23.5 Å². The third-order valence-corrected chi connectivity index (χ3v) is 6.10. The maximum absolute atomic E-state index is 13.1. The van der Waals surface area contributed by atoms with Crippen LogP contribution in [0.3, 0.4) is 0 Å². The number of aromatic nitrogens is 2. The van der Waals surface area contributed by atoms with Crippen LogP contribution in [0.4, 0.5) is 4.39 Å². The zero-order chi connectivity index (χ0) is 18.1. The van der Waals surface area contributed by atoms with Crippen molar-refractivity contribution >= 4 is 38.8 Å². The number of halogens is 1. The van der Waals surface area contributed by atoms with Crippen LogP contribution in [0.1, 0.15) is 25.8 Å². The van der Waals surface area contributed by atoms with E-state index in [-0.39, 0.29) is 11.7 Å². The van der Waals surface area contributed by atoms with E-state index in [1.807, 2.05) is 35.2 Å². The van der Waals surface area contributed by atoms with Crippen LogP contribution in [0.25, 0.3) is 10.2 Å². The normalized spacial score (nSPS) is 11.2. The number of thiophene rings is 2. The number of nitrogens with one attached hydrogen (secondary N) is 1. The first-order chi connectivity index (χ1) is 12.6. The highest BCUT2D eigenvalue weighted by atomic mass is 32.1. The van der Waals surface area contributed by atoms with E-state index in [4.69, 9.17) is 0 Å². The average molecular weight is 385 g/mol. The number of amides is 1. The number of benzene rings is 1. The fourth-order valence-corrected chi connectivity index (χ4v) is 4.48. The molecule has 0 spiro atoms. The van der Waals surface area contributed by atoms with Crippen LogP contribution in [0.5, 0.6) is 0 Å². The van der Waals surface area contributed by atoms with Gasteiger partial charge in [-0.2, -0.15) is 5.10 Å². The van der Waals surface area contributed by atoms with Crippen molar-refractivity contribution in [2.24, 2.45) is 0 Å². The minimum Gasteiger partial charge on any atom is -0.346 e. The van der Waals surface area contributed by atoms with Crippen molar-refractivity contribution in [3.05, 3.63) is 74.7 Å². The summed E-state index contributed by atoms with van der Waals surface area (Å²) < 4.78 is 15.0. The molecule has 0 radical (unpaired) electrons. The van der Waals surface area contributed by atoms with E-state index in [1.54, 1.807) is 23.5 Å². The second kappa shape index (κ2) is 7.01. The number of nitrogens with zero attached hydrogens (tertiary/aromatic N) is 2. The number of carbonyl (C=O) groups excluding carboxylic acids is 1. The van der Waals surface area contributed by atoms with Gasteiger partial charge >= 0.3 is 0 Å². The van der Waals surface area contributed by atoms with Crippen molar-refractivity contribution in [3.8, 4) is 0 Å². The third-order valence-electron chi connectivity index (χ3n) is 4.08. The molecule has 132 valence electrons. The average Bonchev–Trinajstić information content (AvgIpc) is 3.35. The maximum atomic E-state index is 13.1. The first-order valence-electron chi connectivity index (χ1n) is 8.12. The number of hydrogen-bond donors (Lipinski definition) is 1. The molecule has 26 heavy (non-hydrogen) atoms. The van der Waals surface area contributed by atoms with E-state index in [0.29, 0.717) is 18.0 Å². The molecule has 0 fully saturated rings. The molecule has 3 heterocycles. The van der Waals surface area contributed by atoms with Crippen LogP contribution < -0.4 is 5.32 Å². The van der Waals surface area contributed by atoms with Crippen LogP contribution in [0.15, 0.2) is 47.8 Å². The molecule has 4 nitrogen and oxygen atoms in total. The van der Waals surface area contributed by atoms with E-state index in [0.717, 1.165) is 26.4 Å². The second-order valence-corrected chi connectivity index (χ2v) is 8.02. The summed E-state index contributed by atoms with van der Waals surface area (Å²) in [5, 5.41) is 10.5. The molecule has 3 aromatic heterocycles. The van der Waals surface area contributed by atoms with Gasteiger partial charge in [0.2, 0.25) is 0 Å². The Balaban J connectivity index is 1.56. The van der Waals surface area contributed by atoms with Crippen LogP contribution in [0.2, 0.25) is 0 Å². The summed E-state index contributed by atoms with van der Waals surface area (Å²) in [6.45, 7) is 3.01. The molecular weight excluding hydrogens is 369 g/mol. The van der Waals surface area contributed by atoms with Gasteiger partial charge in [0.05, 0.1) is 23.7 Å². The monoisotopic (exact) mass is 385 g/mol. The van der Waals surface area contributed by atoms with Gasteiger partial charge in [0, 0.05) is 10.3 Å². The zero-order valence-electron chi connectivity index (χ0n) is 14.0. The lowest BCUT2D eigenvalue weighted by Gasteiger charge is -2.03. The summed E-state index contributed by atoms with van der Waals surface area (Å²) in [6.07, 6.45) is 0. The Morgan fingerprint density at radius 2 is 2.08 bits per heavy atom. The highest BCUT2D eigenvalue weighted by Gasteiger charge is 2.16. The minimum absolute atomic E-state index is 0.0765. The molecule has 0 unspecified atom stereocenters. The molecule has 0 aliphatic heterocycles. The first-order valence-corrected chi connectivity index (χ1v) is 9.82. The largest absolute Gasteiger partial charge is 0.346 e. The lowest BCUT2D eigenvalue weighted by Crippen LogP contribution is -2.21. The van der Waals surface area contributed by atoms with Crippen molar-refractivity contribution in [2.45, 2.75) is 20.0 Å². The van der Waals surface area contributed by atoms with Gasteiger partial charge in [-0.15, -0.1) is 22.7 Å². The summed E-state index contributed by atoms with van der Waals surface area (Å²) >= 11 is 3.05. The molecule has 0 saturated heterocycles. The van der Waals surface area contributed by atoms with Crippen molar-refractivity contribution in [2.75, 3.05) is 0 Å². The Morgan fingerprint density at radius 3 is 2.81 bits per heavy atom. The predicted octanol–water partition coefficient (Wildman–Crippen LogP) is 4.59. The molecule has 0 bridgehead atoms. The van der Waals surface area contributed by atoms with Crippen molar-refractivity contribution in [1.29, 1.82) is 0 Å². The van der Waals surface area contributed by atoms with E-state index >= 15 is 0 Å². The number of aryl methyl sites for hydroxylation is 1. The smallest absolute Gasteiger partial charge is 0.261 e. The van der Waals surface area contributed by atoms with E-state index < -0.39 is 0 Å². The highest BCUT2D eigenvalue weighted by molar-refractivity contribution is 7.20. The minimum atomic E-state index is -0.253. The molecule has 1 N–H and O–H groups in total. The molecule has 0 aliphatic carbocycles. The lowest BCUT2D eigenvalue weighted by molar-refractivity contribution is 0.0955. The standard InChI is InChI=1S/C19H16FN3OS2/c1-12-16-9-17(18(24)21-10-15-3-2-8-25-15)26-19(16)23(22-12)11-13-4-6-14(20)7-5-13/h2-9H,10-11H2,1H3,(H,21,24). The molecule has 0 aliphatic rings. The highest BCUT2D eigenvalue weighted by Crippen LogP contribution is 2.29. The van der Waals surface area contributed by atoms with Gasteiger partial charge in [0.1, 0.15) is 10.6 Å². The van der Waals surface area contributed by atoms with E-state index in [9.17, 15) is 9.18 Å². The molecule has 0 saturated carbocycles. The number of hydrogen-bond acceptors (Lipinski definition) is 4. The van der Waals surface area contributed by atoms with Crippen LogP contribution in [0, 0.1) is 12.7 Å². The number of carbonyl (C=O) groups is 1. The Bertz CT molecular complexity index is 1050. The van der Waals surface area contributed by atoms with Gasteiger partial charge in [0.25, 0.3) is 5.91 Å². The maximum Gasteiger partial charge on any atom is 0.261 e. The number of fused-ring (bicyclic) bond motifs is 1. The molecule has 4 aromatic rings. The van der Waals surface area contributed by atoms with Crippen LogP contribution in [-0.2, 0) is 13.1 Å². The fourth-order valence-electron chi connectivity index (χ4n) is 2.76. The predicted molar refractivity (Wildman–Crippen MR) is 103 cm³/mol. The third kappa shape index (κ3) is 3.40. The number of rotatable bonds is 5. The molecule has 0 atom stereocenters. The first kappa shape index (κ1) is 16.9. The van der Waals surface area contributed by atoms with Crippen LogP contribution >= 0.6 is 22.7 Å². The van der Waals surface area contributed by atoms with Gasteiger partial charge in [-0.3, -0.25) is 9.48 Å².